The average Bonchev–Trinajstić information content (AvgIpc) is 2.44. The zero-order chi connectivity index (χ0) is 16.0. The average molecular weight is 303 g/mol. The lowest BCUT2D eigenvalue weighted by atomic mass is 10.1. The summed E-state index contributed by atoms with van der Waals surface area (Å²) >= 11 is 0. The topological polar surface area (TPSA) is 70.2 Å². The van der Waals surface area contributed by atoms with Crippen LogP contribution in [0.4, 0.5) is 18.9 Å². The molecule has 1 aromatic carbocycles. The van der Waals surface area contributed by atoms with Gasteiger partial charge in [0.2, 0.25) is 5.91 Å². The molecule has 5 nitrogen and oxygen atoms in total. The van der Waals surface area contributed by atoms with Gasteiger partial charge in [0.1, 0.15) is 0 Å². The fourth-order valence-electron chi connectivity index (χ4n) is 1.76. The van der Waals surface area contributed by atoms with E-state index in [1.165, 1.54) is 20.2 Å². The van der Waals surface area contributed by atoms with Crippen molar-refractivity contribution in [2.45, 2.75) is 12.6 Å². The van der Waals surface area contributed by atoms with Crippen LogP contribution in [0.1, 0.15) is 22.3 Å². The van der Waals surface area contributed by atoms with E-state index in [4.69, 9.17) is 0 Å². The molecule has 0 atom stereocenters. The second-order valence-electron chi connectivity index (χ2n) is 4.15. The van der Waals surface area contributed by atoms with E-state index in [1.807, 2.05) is 0 Å². The monoisotopic (exact) mass is 303 g/mol. The summed E-state index contributed by atoms with van der Waals surface area (Å²) in [6.45, 7) is 0.0396. The zero-order valence-corrected chi connectivity index (χ0v) is 11.6. The molecule has 0 saturated heterocycles. The number of halogens is 3. The number of alkyl halides is 3. The fourth-order valence-corrected chi connectivity index (χ4v) is 1.76. The maximum absolute atomic E-state index is 12.9. The first-order valence-electron chi connectivity index (χ1n) is 6.18. The second kappa shape index (κ2) is 6.96. The molecule has 0 heterocycles. The third-order valence-corrected chi connectivity index (χ3v) is 2.78. The van der Waals surface area contributed by atoms with E-state index in [0.29, 0.717) is 0 Å². The van der Waals surface area contributed by atoms with Crippen molar-refractivity contribution in [1.82, 2.24) is 10.6 Å². The van der Waals surface area contributed by atoms with Gasteiger partial charge in [-0.3, -0.25) is 9.59 Å². The maximum atomic E-state index is 12.9. The highest BCUT2D eigenvalue weighted by Crippen LogP contribution is 2.36. The number of hydrogen-bond acceptors (Lipinski definition) is 3. The molecule has 0 spiro atoms. The van der Waals surface area contributed by atoms with Gasteiger partial charge in [0.25, 0.3) is 5.91 Å². The van der Waals surface area contributed by atoms with Crippen molar-refractivity contribution >= 4 is 17.5 Å². The SMILES string of the molecule is CNC(=O)CCNC(=O)c1cccc(C(F)(F)F)c1NC. The number of para-hydroxylation sites is 1. The summed E-state index contributed by atoms with van der Waals surface area (Å²) < 4.78 is 38.6. The Balaban J connectivity index is 2.92. The molecular weight excluding hydrogens is 287 g/mol. The molecule has 0 aliphatic rings. The van der Waals surface area contributed by atoms with Crippen molar-refractivity contribution in [3.05, 3.63) is 29.3 Å². The van der Waals surface area contributed by atoms with Crippen molar-refractivity contribution in [2.75, 3.05) is 26.0 Å². The molecule has 0 aromatic heterocycles. The van der Waals surface area contributed by atoms with Crippen molar-refractivity contribution in [3.8, 4) is 0 Å². The number of hydrogen-bond donors (Lipinski definition) is 3. The van der Waals surface area contributed by atoms with Gasteiger partial charge in [0.05, 0.1) is 16.8 Å². The van der Waals surface area contributed by atoms with Crippen molar-refractivity contribution in [3.63, 3.8) is 0 Å². The van der Waals surface area contributed by atoms with Crippen LogP contribution >= 0.6 is 0 Å². The molecule has 0 radical (unpaired) electrons. The van der Waals surface area contributed by atoms with Crippen molar-refractivity contribution in [1.29, 1.82) is 0 Å². The molecule has 1 aromatic rings. The van der Waals surface area contributed by atoms with Gasteiger partial charge in [-0.2, -0.15) is 13.2 Å². The van der Waals surface area contributed by atoms with E-state index in [2.05, 4.69) is 16.0 Å². The summed E-state index contributed by atoms with van der Waals surface area (Å²) in [5.41, 5.74) is -1.32. The Hall–Kier alpha value is -2.25. The molecule has 0 saturated carbocycles. The van der Waals surface area contributed by atoms with E-state index >= 15 is 0 Å². The Labute approximate surface area is 119 Å². The highest BCUT2D eigenvalue weighted by atomic mass is 19.4. The van der Waals surface area contributed by atoms with Crippen LogP contribution < -0.4 is 16.0 Å². The molecule has 8 heteroatoms. The minimum atomic E-state index is -4.56. The molecule has 21 heavy (non-hydrogen) atoms. The lowest BCUT2D eigenvalue weighted by Crippen LogP contribution is -2.30. The minimum Gasteiger partial charge on any atom is -0.387 e. The molecule has 0 aliphatic carbocycles. The molecular formula is C13H16F3N3O2. The number of amides is 2. The standard InChI is InChI=1S/C13H16F3N3O2/c1-17-10(20)6-7-19-12(21)8-4-3-5-9(11(8)18-2)13(14,15)16/h3-5,18H,6-7H2,1-2H3,(H,17,20)(H,19,21). The predicted molar refractivity (Wildman–Crippen MR) is 72.0 cm³/mol. The van der Waals surface area contributed by atoms with Gasteiger partial charge in [-0.1, -0.05) is 6.07 Å². The molecule has 0 fully saturated rings. The Morgan fingerprint density at radius 3 is 2.38 bits per heavy atom. The number of rotatable bonds is 5. The summed E-state index contributed by atoms with van der Waals surface area (Å²) in [6.07, 6.45) is -4.51. The molecule has 2 amide bonds. The number of nitrogens with one attached hydrogen (secondary N) is 3. The first-order valence-corrected chi connectivity index (χ1v) is 6.18. The summed E-state index contributed by atoms with van der Waals surface area (Å²) in [4.78, 5) is 22.9. The highest BCUT2D eigenvalue weighted by Gasteiger charge is 2.34. The molecule has 0 aliphatic heterocycles. The summed E-state index contributed by atoms with van der Waals surface area (Å²) in [6, 6.07) is 3.35. The second-order valence-corrected chi connectivity index (χ2v) is 4.15. The summed E-state index contributed by atoms with van der Waals surface area (Å²) in [5.74, 6) is -0.942. The van der Waals surface area contributed by atoms with E-state index < -0.39 is 17.6 Å². The fraction of sp³-hybridized carbons (Fsp3) is 0.385. The van der Waals surface area contributed by atoms with Gasteiger partial charge in [-0.25, -0.2) is 0 Å². The van der Waals surface area contributed by atoms with Gasteiger partial charge in [-0.15, -0.1) is 0 Å². The third kappa shape index (κ3) is 4.37. The molecule has 116 valence electrons. The summed E-state index contributed by atoms with van der Waals surface area (Å²) in [7, 11) is 2.77. The number of benzene rings is 1. The lowest BCUT2D eigenvalue weighted by Gasteiger charge is -2.16. The number of anilines is 1. The largest absolute Gasteiger partial charge is 0.418 e. The smallest absolute Gasteiger partial charge is 0.387 e. The number of carbonyl (C=O) groups excluding carboxylic acids is 2. The van der Waals surface area contributed by atoms with E-state index in [9.17, 15) is 22.8 Å². The third-order valence-electron chi connectivity index (χ3n) is 2.78. The Bertz CT molecular complexity index is 530. The van der Waals surface area contributed by atoms with Crippen LogP contribution in [-0.4, -0.2) is 32.5 Å². The number of carbonyl (C=O) groups is 2. The molecule has 1 rings (SSSR count). The van der Waals surface area contributed by atoms with Gasteiger partial charge in [0.15, 0.2) is 0 Å². The Kier molecular flexibility index (Phi) is 5.57. The summed E-state index contributed by atoms with van der Waals surface area (Å²) in [5, 5.41) is 7.19. The van der Waals surface area contributed by atoms with E-state index in [0.717, 1.165) is 12.1 Å². The van der Waals surface area contributed by atoms with Gasteiger partial charge in [0, 0.05) is 27.1 Å². The molecule has 0 unspecified atom stereocenters. The van der Waals surface area contributed by atoms with Gasteiger partial charge in [-0.05, 0) is 12.1 Å². The quantitative estimate of drug-likeness (QED) is 0.774. The van der Waals surface area contributed by atoms with Crippen LogP contribution in [0.25, 0.3) is 0 Å². The minimum absolute atomic E-state index is 0.0396. The van der Waals surface area contributed by atoms with Crippen LogP contribution in [0.2, 0.25) is 0 Å². The Morgan fingerprint density at radius 2 is 1.86 bits per heavy atom. The van der Waals surface area contributed by atoms with Crippen LogP contribution in [0.3, 0.4) is 0 Å². The maximum Gasteiger partial charge on any atom is 0.418 e. The normalized spacial score (nSPS) is 10.9. The van der Waals surface area contributed by atoms with Crippen LogP contribution in [-0.2, 0) is 11.0 Å². The highest BCUT2D eigenvalue weighted by molar-refractivity contribution is 6.00. The van der Waals surface area contributed by atoms with Gasteiger partial charge >= 0.3 is 6.18 Å². The zero-order valence-electron chi connectivity index (χ0n) is 11.6. The predicted octanol–water partition coefficient (Wildman–Crippen LogP) is 1.61. The van der Waals surface area contributed by atoms with Crippen molar-refractivity contribution < 1.29 is 22.8 Å². The van der Waals surface area contributed by atoms with Crippen LogP contribution in [0, 0.1) is 0 Å². The van der Waals surface area contributed by atoms with Crippen LogP contribution in [0.15, 0.2) is 18.2 Å². The van der Waals surface area contributed by atoms with E-state index in [-0.39, 0.29) is 30.1 Å². The van der Waals surface area contributed by atoms with Crippen LogP contribution in [0.5, 0.6) is 0 Å². The molecule has 0 bridgehead atoms. The lowest BCUT2D eigenvalue weighted by molar-refractivity contribution is -0.137. The first-order chi connectivity index (χ1) is 9.81. The van der Waals surface area contributed by atoms with E-state index in [1.54, 1.807) is 0 Å². The van der Waals surface area contributed by atoms with Gasteiger partial charge < -0.3 is 16.0 Å². The Morgan fingerprint density at radius 1 is 1.19 bits per heavy atom. The van der Waals surface area contributed by atoms with Crippen molar-refractivity contribution in [2.24, 2.45) is 0 Å². The first kappa shape index (κ1) is 16.8. The molecule has 3 N–H and O–H groups in total.